The van der Waals surface area contributed by atoms with Gasteiger partial charge in [-0.2, -0.15) is 0 Å². The summed E-state index contributed by atoms with van der Waals surface area (Å²) in [5, 5.41) is 34.9. The average Bonchev–Trinajstić information content (AvgIpc) is 3.76. The zero-order chi connectivity index (χ0) is 37.8. The molecular weight excluding hydrogens is 674 g/mol. The highest BCUT2D eigenvalue weighted by Crippen LogP contribution is 2.22. The van der Waals surface area contributed by atoms with Crippen LogP contribution >= 0.6 is 0 Å². The van der Waals surface area contributed by atoms with E-state index in [-0.39, 0.29) is 38.8 Å². The lowest BCUT2D eigenvalue weighted by Crippen LogP contribution is -2.60. The van der Waals surface area contributed by atoms with Crippen LogP contribution in [-0.2, 0) is 49.6 Å². The number of hydrogen-bond donors (Lipinski definition) is 8. The van der Waals surface area contributed by atoms with Crippen LogP contribution in [0, 0.1) is 0 Å². The Labute approximate surface area is 292 Å². The molecule has 19 heteroatoms. The third-order valence-corrected chi connectivity index (χ3v) is 8.59. The predicted octanol–water partition coefficient (Wildman–Crippen LogP) is -2.71. The van der Waals surface area contributed by atoms with Crippen molar-refractivity contribution in [1.29, 1.82) is 0 Å². The standard InChI is InChI=1S/C32H43N7O12/c33-18(10-11-25(41)42)27(45)35-19(16-26(43)44)28(46)36-21(15-24(34)40)31(49)38-12-4-8-22(38)29(47)37-20(14-17-6-2-1-3-7-17)30(48)39-13-5-9-23(39)32(50)51/h1-3,6-7,18-23H,4-5,8-16,33H2,(H2,34,40)(H,35,45)(H,36,46)(H,37,47)(H,41,42)(H,43,44)(H,50,51)/t18-,19-,20-,21-,22-,23-/m0/s1. The number of carbonyl (C=O) groups is 9. The number of likely N-dealkylation sites (tertiary alicyclic amines) is 2. The van der Waals surface area contributed by atoms with Crippen LogP contribution in [0.4, 0.5) is 0 Å². The fourth-order valence-electron chi connectivity index (χ4n) is 6.05. The Bertz CT molecular complexity index is 1510. The van der Waals surface area contributed by atoms with Gasteiger partial charge >= 0.3 is 17.9 Å². The number of nitrogens with one attached hydrogen (secondary N) is 3. The van der Waals surface area contributed by atoms with Crippen molar-refractivity contribution >= 4 is 53.4 Å². The Kier molecular flexibility index (Phi) is 14.4. The van der Waals surface area contributed by atoms with Crippen molar-refractivity contribution in [1.82, 2.24) is 25.8 Å². The number of carboxylic acid groups (broad SMARTS) is 3. The van der Waals surface area contributed by atoms with Gasteiger partial charge in [0, 0.05) is 25.9 Å². The van der Waals surface area contributed by atoms with Crippen LogP contribution in [0.3, 0.4) is 0 Å². The number of carbonyl (C=O) groups excluding carboxylic acids is 6. The first-order valence-corrected chi connectivity index (χ1v) is 16.3. The minimum atomic E-state index is -1.79. The van der Waals surface area contributed by atoms with Gasteiger partial charge in [0.25, 0.3) is 0 Å². The summed E-state index contributed by atoms with van der Waals surface area (Å²) in [4.78, 5) is 115. The number of benzene rings is 1. The topological polar surface area (TPSA) is 309 Å². The highest BCUT2D eigenvalue weighted by Gasteiger charge is 2.42. The Balaban J connectivity index is 1.80. The molecule has 6 atom stereocenters. The fourth-order valence-corrected chi connectivity index (χ4v) is 6.05. The molecule has 0 radical (unpaired) electrons. The molecule has 0 bridgehead atoms. The van der Waals surface area contributed by atoms with Crippen LogP contribution in [0.5, 0.6) is 0 Å². The largest absolute Gasteiger partial charge is 0.481 e. The van der Waals surface area contributed by atoms with Crippen molar-refractivity contribution in [3.05, 3.63) is 35.9 Å². The van der Waals surface area contributed by atoms with Crippen LogP contribution in [0.1, 0.15) is 56.9 Å². The second kappa shape index (κ2) is 18.4. The van der Waals surface area contributed by atoms with Gasteiger partial charge in [-0.15, -0.1) is 0 Å². The lowest BCUT2D eigenvalue weighted by molar-refractivity contribution is -0.150. The molecule has 6 amide bonds. The molecule has 1 aromatic carbocycles. The van der Waals surface area contributed by atoms with Gasteiger partial charge in [0.05, 0.1) is 18.9 Å². The van der Waals surface area contributed by atoms with Crippen LogP contribution in [-0.4, -0.2) is 128 Å². The molecule has 19 nitrogen and oxygen atoms in total. The maximum absolute atomic E-state index is 13.8. The monoisotopic (exact) mass is 717 g/mol. The molecular formula is C32H43N7O12. The number of nitrogens with zero attached hydrogens (tertiary/aromatic N) is 2. The Morgan fingerprint density at radius 3 is 1.86 bits per heavy atom. The third kappa shape index (κ3) is 11.5. The summed E-state index contributed by atoms with van der Waals surface area (Å²) in [6.07, 6.45) is -1.35. The highest BCUT2D eigenvalue weighted by molar-refractivity contribution is 5.99. The van der Waals surface area contributed by atoms with Crippen molar-refractivity contribution in [3.63, 3.8) is 0 Å². The van der Waals surface area contributed by atoms with E-state index < -0.39 is 109 Å². The van der Waals surface area contributed by atoms with Crippen LogP contribution in [0.25, 0.3) is 0 Å². The molecule has 1 aromatic rings. The number of rotatable bonds is 18. The van der Waals surface area contributed by atoms with Gasteiger partial charge < -0.3 is 52.5 Å². The molecule has 2 fully saturated rings. The predicted molar refractivity (Wildman–Crippen MR) is 174 cm³/mol. The maximum atomic E-state index is 13.8. The van der Waals surface area contributed by atoms with Crippen LogP contribution in [0.15, 0.2) is 30.3 Å². The summed E-state index contributed by atoms with van der Waals surface area (Å²) in [5.41, 5.74) is 11.7. The van der Waals surface area contributed by atoms with Crippen molar-refractivity contribution < 1.29 is 58.5 Å². The number of amides is 6. The zero-order valence-electron chi connectivity index (χ0n) is 27.7. The summed E-state index contributed by atoms with van der Waals surface area (Å²) < 4.78 is 0. The molecule has 2 aliphatic heterocycles. The van der Waals surface area contributed by atoms with E-state index >= 15 is 0 Å². The summed E-state index contributed by atoms with van der Waals surface area (Å²) in [5.74, 6) is -9.46. The fraction of sp³-hybridized carbons (Fsp3) is 0.531. The van der Waals surface area contributed by atoms with Gasteiger partial charge in [0.2, 0.25) is 35.4 Å². The van der Waals surface area contributed by atoms with E-state index in [1.54, 1.807) is 30.3 Å². The molecule has 0 aliphatic carbocycles. The molecule has 278 valence electrons. The smallest absolute Gasteiger partial charge is 0.326 e. The summed E-state index contributed by atoms with van der Waals surface area (Å²) >= 11 is 0. The van der Waals surface area contributed by atoms with Gasteiger partial charge in [-0.3, -0.25) is 38.4 Å². The third-order valence-electron chi connectivity index (χ3n) is 8.59. The number of primary amides is 1. The van der Waals surface area contributed by atoms with E-state index in [1.807, 2.05) is 0 Å². The number of carboxylic acids is 3. The number of hydrogen-bond acceptors (Lipinski definition) is 10. The number of nitrogens with two attached hydrogens (primary N) is 2. The molecule has 2 heterocycles. The van der Waals surface area contributed by atoms with E-state index in [0.717, 1.165) is 4.90 Å². The van der Waals surface area contributed by atoms with Crippen molar-refractivity contribution in [2.75, 3.05) is 13.1 Å². The molecule has 2 aliphatic rings. The Morgan fingerprint density at radius 1 is 0.725 bits per heavy atom. The minimum absolute atomic E-state index is 0.000283. The molecule has 3 rings (SSSR count). The van der Waals surface area contributed by atoms with E-state index in [4.69, 9.17) is 16.6 Å². The van der Waals surface area contributed by atoms with E-state index in [1.165, 1.54) is 4.90 Å². The number of aliphatic carboxylic acids is 3. The second-order valence-electron chi connectivity index (χ2n) is 12.4. The minimum Gasteiger partial charge on any atom is -0.481 e. The van der Waals surface area contributed by atoms with Crippen LogP contribution in [0.2, 0.25) is 0 Å². The Morgan fingerprint density at radius 2 is 1.29 bits per heavy atom. The van der Waals surface area contributed by atoms with E-state index in [2.05, 4.69) is 16.0 Å². The SMILES string of the molecule is NC(=O)C[C@H](NC(=O)[C@H](CC(=O)O)NC(=O)[C@@H](N)CCC(=O)O)C(=O)N1CCC[C@H]1C(=O)N[C@@H](Cc1ccccc1)C(=O)N1CCC[C@H]1C(=O)O. The quantitative estimate of drug-likeness (QED) is 0.0767. The molecule has 0 aromatic heterocycles. The molecule has 0 spiro atoms. The van der Waals surface area contributed by atoms with E-state index in [9.17, 15) is 53.4 Å². The van der Waals surface area contributed by atoms with Gasteiger partial charge in [-0.25, -0.2) is 4.79 Å². The molecule has 0 unspecified atom stereocenters. The van der Waals surface area contributed by atoms with Gasteiger partial charge in [0.1, 0.15) is 30.2 Å². The van der Waals surface area contributed by atoms with Crippen LogP contribution < -0.4 is 27.4 Å². The molecule has 0 saturated carbocycles. The second-order valence-corrected chi connectivity index (χ2v) is 12.4. The first kappa shape index (κ1) is 39.8. The van der Waals surface area contributed by atoms with Gasteiger partial charge in [-0.1, -0.05) is 30.3 Å². The summed E-state index contributed by atoms with van der Waals surface area (Å²) in [6, 6.07) is 0.371. The summed E-state index contributed by atoms with van der Waals surface area (Å²) in [7, 11) is 0. The van der Waals surface area contributed by atoms with Gasteiger partial charge in [-0.05, 0) is 37.7 Å². The lowest BCUT2D eigenvalue weighted by atomic mass is 10.0. The molecule has 2 saturated heterocycles. The molecule has 51 heavy (non-hydrogen) atoms. The van der Waals surface area contributed by atoms with Crippen molar-refractivity contribution in [2.45, 2.75) is 94.0 Å². The highest BCUT2D eigenvalue weighted by atomic mass is 16.4. The average molecular weight is 718 g/mol. The lowest BCUT2D eigenvalue weighted by Gasteiger charge is -2.31. The first-order chi connectivity index (χ1) is 24.1. The normalized spacial score (nSPS) is 19.2. The first-order valence-electron chi connectivity index (χ1n) is 16.3. The van der Waals surface area contributed by atoms with E-state index in [0.29, 0.717) is 18.4 Å². The van der Waals surface area contributed by atoms with Crippen molar-refractivity contribution in [3.8, 4) is 0 Å². The molecule has 10 N–H and O–H groups in total. The maximum Gasteiger partial charge on any atom is 0.326 e. The summed E-state index contributed by atoms with van der Waals surface area (Å²) in [6.45, 7) is 0.178. The Hall–Kier alpha value is -5.59. The van der Waals surface area contributed by atoms with Crippen molar-refractivity contribution in [2.24, 2.45) is 11.5 Å². The van der Waals surface area contributed by atoms with Gasteiger partial charge in [0.15, 0.2) is 0 Å². The zero-order valence-corrected chi connectivity index (χ0v) is 27.7.